The Kier molecular flexibility index (Phi) is 3.06. The number of carbonyl (C=O) groups excluding carboxylic acids is 1. The minimum atomic E-state index is -0.212. The van der Waals surface area contributed by atoms with Crippen molar-refractivity contribution in [2.24, 2.45) is 5.41 Å². The molecule has 3 nitrogen and oxygen atoms in total. The highest BCUT2D eigenvalue weighted by Crippen LogP contribution is 2.42. The van der Waals surface area contributed by atoms with Crippen LogP contribution in [0.5, 0.6) is 0 Å². The second kappa shape index (κ2) is 4.57. The molecule has 1 heterocycles. The van der Waals surface area contributed by atoms with Crippen molar-refractivity contribution < 1.29 is 4.79 Å². The minimum Gasteiger partial charge on any atom is -0.382 e. The first-order valence-corrected chi connectivity index (χ1v) is 7.34. The Morgan fingerprint density at radius 1 is 1.17 bits per heavy atom. The van der Waals surface area contributed by atoms with E-state index in [1.54, 1.807) is 0 Å². The summed E-state index contributed by atoms with van der Waals surface area (Å²) < 4.78 is 0.939. The van der Waals surface area contributed by atoms with Crippen LogP contribution in [0.3, 0.4) is 0 Å². The van der Waals surface area contributed by atoms with Gasteiger partial charge in [0.25, 0.3) is 0 Å². The molecule has 2 aliphatic rings. The summed E-state index contributed by atoms with van der Waals surface area (Å²) in [6, 6.07) is 5.96. The lowest BCUT2D eigenvalue weighted by molar-refractivity contribution is -0.126. The lowest BCUT2D eigenvalue weighted by atomic mass is 9.73. The highest BCUT2D eigenvalue weighted by Gasteiger charge is 2.41. The van der Waals surface area contributed by atoms with E-state index in [4.69, 9.17) is 0 Å². The van der Waals surface area contributed by atoms with Crippen molar-refractivity contribution in [3.05, 3.63) is 22.7 Å². The third kappa shape index (κ3) is 1.92. The van der Waals surface area contributed by atoms with Gasteiger partial charge < -0.3 is 10.6 Å². The first-order chi connectivity index (χ1) is 8.71. The Bertz CT molecular complexity index is 481. The fraction of sp³-hybridized carbons (Fsp3) is 0.500. The van der Waals surface area contributed by atoms with E-state index >= 15 is 0 Å². The van der Waals surface area contributed by atoms with Gasteiger partial charge in [-0.25, -0.2) is 0 Å². The summed E-state index contributed by atoms with van der Waals surface area (Å²) in [5, 5.41) is 6.55. The van der Waals surface area contributed by atoms with Crippen LogP contribution in [0.4, 0.5) is 11.4 Å². The molecular weight excluding hydrogens is 292 g/mol. The van der Waals surface area contributed by atoms with Crippen LogP contribution in [0, 0.1) is 5.41 Å². The number of nitrogens with one attached hydrogen (secondary N) is 2. The standard InChI is InChI=1S/C14H17BrN2O/c15-10-5-4-6-11-12(10)17-13(18)14(9-16-11)7-2-1-3-8-14/h4-6,16H,1-3,7-9H2,(H,17,18). The number of para-hydroxylation sites is 1. The van der Waals surface area contributed by atoms with Crippen LogP contribution in [0.2, 0.25) is 0 Å². The normalized spacial score (nSPS) is 21.7. The predicted molar refractivity (Wildman–Crippen MR) is 76.8 cm³/mol. The summed E-state index contributed by atoms with van der Waals surface area (Å²) in [5.41, 5.74) is 1.68. The molecule has 0 bridgehead atoms. The number of fused-ring (bicyclic) bond motifs is 1. The highest BCUT2D eigenvalue weighted by molar-refractivity contribution is 9.10. The Morgan fingerprint density at radius 3 is 2.72 bits per heavy atom. The highest BCUT2D eigenvalue weighted by atomic mass is 79.9. The van der Waals surface area contributed by atoms with E-state index in [2.05, 4.69) is 26.6 Å². The minimum absolute atomic E-state index is 0.181. The van der Waals surface area contributed by atoms with E-state index in [0.717, 1.165) is 48.1 Å². The molecule has 1 aliphatic carbocycles. The molecule has 0 unspecified atom stereocenters. The van der Waals surface area contributed by atoms with E-state index < -0.39 is 0 Å². The zero-order valence-corrected chi connectivity index (χ0v) is 11.8. The van der Waals surface area contributed by atoms with Crippen LogP contribution in [-0.4, -0.2) is 12.5 Å². The van der Waals surface area contributed by atoms with Crippen molar-refractivity contribution in [3.8, 4) is 0 Å². The zero-order valence-electron chi connectivity index (χ0n) is 10.3. The molecule has 18 heavy (non-hydrogen) atoms. The van der Waals surface area contributed by atoms with Gasteiger partial charge in [-0.2, -0.15) is 0 Å². The summed E-state index contributed by atoms with van der Waals surface area (Å²) in [5.74, 6) is 0.181. The maximum Gasteiger partial charge on any atom is 0.232 e. The van der Waals surface area contributed by atoms with E-state index in [-0.39, 0.29) is 11.3 Å². The molecule has 1 aliphatic heterocycles. The quantitative estimate of drug-likeness (QED) is 0.766. The molecular formula is C14H17BrN2O. The number of anilines is 2. The largest absolute Gasteiger partial charge is 0.382 e. The second-order valence-corrected chi connectivity index (χ2v) is 6.17. The molecule has 1 spiro atoms. The monoisotopic (exact) mass is 308 g/mol. The molecule has 4 heteroatoms. The van der Waals surface area contributed by atoms with Gasteiger partial charge in [-0.3, -0.25) is 4.79 Å². The summed E-state index contributed by atoms with van der Waals surface area (Å²) in [6.45, 7) is 0.752. The molecule has 96 valence electrons. The molecule has 1 amide bonds. The van der Waals surface area contributed by atoms with Gasteiger partial charge in [-0.15, -0.1) is 0 Å². The molecule has 1 aromatic rings. The lowest BCUT2D eigenvalue weighted by Gasteiger charge is -2.34. The molecule has 0 radical (unpaired) electrons. The van der Waals surface area contributed by atoms with Gasteiger partial charge in [0.1, 0.15) is 0 Å². The molecule has 0 atom stereocenters. The van der Waals surface area contributed by atoms with Crippen molar-refractivity contribution in [2.45, 2.75) is 32.1 Å². The van der Waals surface area contributed by atoms with Gasteiger partial charge in [-0.05, 0) is 40.9 Å². The van der Waals surface area contributed by atoms with Gasteiger partial charge >= 0.3 is 0 Å². The smallest absolute Gasteiger partial charge is 0.232 e. The Balaban J connectivity index is 1.95. The number of halogens is 1. The third-order valence-electron chi connectivity index (χ3n) is 4.16. The van der Waals surface area contributed by atoms with Crippen molar-refractivity contribution in [1.82, 2.24) is 0 Å². The van der Waals surface area contributed by atoms with E-state index in [1.165, 1.54) is 6.42 Å². The number of rotatable bonds is 0. The van der Waals surface area contributed by atoms with Crippen molar-refractivity contribution in [1.29, 1.82) is 0 Å². The third-order valence-corrected chi connectivity index (χ3v) is 4.82. The van der Waals surface area contributed by atoms with Gasteiger partial charge in [-0.1, -0.05) is 25.3 Å². The van der Waals surface area contributed by atoms with Gasteiger partial charge in [0.05, 0.1) is 16.8 Å². The van der Waals surface area contributed by atoms with Gasteiger partial charge in [0.2, 0.25) is 5.91 Å². The maximum atomic E-state index is 12.5. The van der Waals surface area contributed by atoms with Gasteiger partial charge in [0.15, 0.2) is 0 Å². The van der Waals surface area contributed by atoms with E-state index in [1.807, 2.05) is 18.2 Å². The van der Waals surface area contributed by atoms with Crippen LogP contribution in [0.15, 0.2) is 22.7 Å². The lowest BCUT2D eigenvalue weighted by Crippen LogP contribution is -2.41. The van der Waals surface area contributed by atoms with Gasteiger partial charge in [0, 0.05) is 11.0 Å². The first-order valence-electron chi connectivity index (χ1n) is 6.55. The van der Waals surface area contributed by atoms with Crippen LogP contribution in [0.1, 0.15) is 32.1 Å². The molecule has 1 saturated carbocycles. The van der Waals surface area contributed by atoms with Crippen molar-refractivity contribution >= 4 is 33.2 Å². The first kappa shape index (κ1) is 12.0. The summed E-state index contributed by atoms with van der Waals surface area (Å²) in [7, 11) is 0. The molecule has 1 fully saturated rings. The van der Waals surface area contributed by atoms with E-state index in [0.29, 0.717) is 0 Å². The number of amides is 1. The molecule has 2 N–H and O–H groups in total. The summed E-state index contributed by atoms with van der Waals surface area (Å²) in [4.78, 5) is 12.5. The Hall–Kier alpha value is -1.03. The maximum absolute atomic E-state index is 12.5. The van der Waals surface area contributed by atoms with Crippen LogP contribution in [0.25, 0.3) is 0 Å². The van der Waals surface area contributed by atoms with Crippen LogP contribution >= 0.6 is 15.9 Å². The predicted octanol–water partition coefficient (Wildman–Crippen LogP) is 3.76. The fourth-order valence-electron chi connectivity index (χ4n) is 3.02. The van der Waals surface area contributed by atoms with Crippen LogP contribution in [-0.2, 0) is 4.79 Å². The molecule has 0 aromatic heterocycles. The second-order valence-electron chi connectivity index (χ2n) is 5.31. The topological polar surface area (TPSA) is 41.1 Å². The number of hydrogen-bond donors (Lipinski definition) is 2. The Morgan fingerprint density at radius 2 is 1.94 bits per heavy atom. The van der Waals surface area contributed by atoms with Crippen molar-refractivity contribution in [2.75, 3.05) is 17.2 Å². The van der Waals surface area contributed by atoms with Crippen molar-refractivity contribution in [3.63, 3.8) is 0 Å². The number of carbonyl (C=O) groups is 1. The number of benzene rings is 1. The number of hydrogen-bond acceptors (Lipinski definition) is 2. The summed E-state index contributed by atoms with van der Waals surface area (Å²) in [6.07, 6.45) is 5.57. The van der Waals surface area contributed by atoms with E-state index in [9.17, 15) is 4.79 Å². The average molecular weight is 309 g/mol. The molecule has 1 aromatic carbocycles. The fourth-order valence-corrected chi connectivity index (χ4v) is 3.49. The van der Waals surface area contributed by atoms with Crippen LogP contribution < -0.4 is 10.6 Å². The zero-order chi connectivity index (χ0) is 12.6. The summed E-state index contributed by atoms with van der Waals surface area (Å²) >= 11 is 3.50. The average Bonchev–Trinajstić information content (AvgIpc) is 2.52. The molecule has 0 saturated heterocycles. The SMILES string of the molecule is O=C1Nc2c(Br)cccc2NCC12CCCCC2. The molecule has 3 rings (SSSR count). The Labute approximate surface area is 115 Å².